The molecule has 6 nitrogen and oxygen atoms in total. The SMILES string of the molecule is COc1cccc2c1[C@@H]1C[C@@](C)(O[C@]13C=C(CCO)C(=N)O3)[C@@H]2O[Si](C)(C)C(C)(C)C. The molecule has 2 bridgehead atoms. The Hall–Kier alpha value is -1.67. The summed E-state index contributed by atoms with van der Waals surface area (Å²) < 4.78 is 25.6. The fraction of sp³-hybridized carbons (Fsp3) is 0.625. The molecule has 0 saturated carbocycles. The van der Waals surface area contributed by atoms with E-state index in [0.29, 0.717) is 18.4 Å². The smallest absolute Gasteiger partial charge is 0.240 e. The summed E-state index contributed by atoms with van der Waals surface area (Å²) >= 11 is 0. The van der Waals surface area contributed by atoms with Crippen LogP contribution < -0.4 is 4.74 Å². The third kappa shape index (κ3) is 3.37. The van der Waals surface area contributed by atoms with E-state index in [0.717, 1.165) is 16.9 Å². The molecule has 2 N–H and O–H groups in total. The Balaban J connectivity index is 1.87. The number of fused-ring (bicyclic) bond motifs is 5. The van der Waals surface area contributed by atoms with Gasteiger partial charge in [0.15, 0.2) is 8.32 Å². The Bertz CT molecular complexity index is 936. The zero-order chi connectivity index (χ0) is 22.8. The van der Waals surface area contributed by atoms with Crippen LogP contribution in [-0.2, 0) is 13.9 Å². The van der Waals surface area contributed by atoms with Gasteiger partial charge in [-0.25, -0.2) is 0 Å². The molecule has 0 aromatic heterocycles. The van der Waals surface area contributed by atoms with E-state index in [-0.39, 0.29) is 29.6 Å². The van der Waals surface area contributed by atoms with Crippen LogP contribution in [0.3, 0.4) is 0 Å². The first kappa shape index (κ1) is 22.5. The fourth-order valence-corrected chi connectivity index (χ4v) is 6.23. The second kappa shape index (κ2) is 7.17. The van der Waals surface area contributed by atoms with E-state index in [1.165, 1.54) is 0 Å². The second-order valence-electron chi connectivity index (χ2n) is 10.7. The molecule has 1 fully saturated rings. The van der Waals surface area contributed by atoms with Gasteiger partial charge in [-0.05, 0) is 49.2 Å². The maximum Gasteiger partial charge on any atom is 0.240 e. The van der Waals surface area contributed by atoms with Crippen LogP contribution in [0.4, 0.5) is 0 Å². The first-order chi connectivity index (χ1) is 14.4. The van der Waals surface area contributed by atoms with Gasteiger partial charge in [-0.3, -0.25) is 5.41 Å². The van der Waals surface area contributed by atoms with E-state index >= 15 is 0 Å². The monoisotopic (exact) mass is 445 g/mol. The normalized spacial score (nSPS) is 32.1. The molecule has 0 radical (unpaired) electrons. The Morgan fingerprint density at radius 1 is 1.29 bits per heavy atom. The van der Waals surface area contributed by atoms with Crippen molar-refractivity contribution in [1.82, 2.24) is 0 Å². The van der Waals surface area contributed by atoms with Crippen LogP contribution in [0.25, 0.3) is 0 Å². The Kier molecular flexibility index (Phi) is 5.21. The summed E-state index contributed by atoms with van der Waals surface area (Å²) in [6.07, 6.45) is 2.71. The molecule has 170 valence electrons. The van der Waals surface area contributed by atoms with Gasteiger partial charge in [0.25, 0.3) is 0 Å². The van der Waals surface area contributed by atoms with Crippen molar-refractivity contribution in [3.05, 3.63) is 41.0 Å². The zero-order valence-corrected chi connectivity index (χ0v) is 20.7. The maximum absolute atomic E-state index is 9.43. The van der Waals surface area contributed by atoms with Crippen LogP contribution in [0.1, 0.15) is 63.7 Å². The third-order valence-electron chi connectivity index (χ3n) is 7.52. The summed E-state index contributed by atoms with van der Waals surface area (Å²) in [6, 6.07) is 6.08. The lowest BCUT2D eigenvalue weighted by molar-refractivity contribution is -0.200. The van der Waals surface area contributed by atoms with Gasteiger partial charge in [-0.2, -0.15) is 0 Å². The molecular weight excluding hydrogens is 410 g/mol. The highest BCUT2D eigenvalue weighted by molar-refractivity contribution is 6.74. The van der Waals surface area contributed by atoms with Gasteiger partial charge in [-0.15, -0.1) is 0 Å². The van der Waals surface area contributed by atoms with Crippen LogP contribution in [-0.4, -0.2) is 44.4 Å². The first-order valence-electron chi connectivity index (χ1n) is 11.0. The molecule has 4 atom stereocenters. The molecule has 31 heavy (non-hydrogen) atoms. The van der Waals surface area contributed by atoms with Crippen molar-refractivity contribution in [2.75, 3.05) is 13.7 Å². The summed E-state index contributed by atoms with van der Waals surface area (Å²) in [6.45, 7) is 13.3. The van der Waals surface area contributed by atoms with Crippen molar-refractivity contribution in [3.63, 3.8) is 0 Å². The van der Waals surface area contributed by atoms with Crippen molar-refractivity contribution < 1.29 is 23.7 Å². The highest BCUT2D eigenvalue weighted by Crippen LogP contribution is 2.64. The minimum absolute atomic E-state index is 0.0351. The summed E-state index contributed by atoms with van der Waals surface area (Å²) in [5.41, 5.74) is 2.19. The topological polar surface area (TPSA) is 81.0 Å². The lowest BCUT2D eigenvalue weighted by Crippen LogP contribution is -2.48. The van der Waals surface area contributed by atoms with Gasteiger partial charge < -0.3 is 23.7 Å². The van der Waals surface area contributed by atoms with Gasteiger partial charge in [0.1, 0.15) is 11.4 Å². The number of ether oxygens (including phenoxy) is 3. The summed E-state index contributed by atoms with van der Waals surface area (Å²) in [7, 11) is -0.437. The van der Waals surface area contributed by atoms with Gasteiger partial charge >= 0.3 is 0 Å². The molecular formula is C24H35NO5Si. The van der Waals surface area contributed by atoms with E-state index in [4.69, 9.17) is 24.0 Å². The number of methoxy groups -OCH3 is 1. The molecule has 0 amide bonds. The average Bonchev–Trinajstić information content (AvgIpc) is 3.11. The van der Waals surface area contributed by atoms with Crippen molar-refractivity contribution in [1.29, 1.82) is 5.41 Å². The molecule has 4 rings (SSSR count). The van der Waals surface area contributed by atoms with E-state index < -0.39 is 19.7 Å². The molecule has 1 aliphatic carbocycles. The Morgan fingerprint density at radius 3 is 2.61 bits per heavy atom. The Morgan fingerprint density at radius 2 is 2.00 bits per heavy atom. The summed E-state index contributed by atoms with van der Waals surface area (Å²) in [5.74, 6) is -0.342. The third-order valence-corrected chi connectivity index (χ3v) is 12.0. The first-order valence-corrected chi connectivity index (χ1v) is 13.9. The molecule has 1 spiro atoms. The van der Waals surface area contributed by atoms with E-state index in [2.05, 4.69) is 46.9 Å². The lowest BCUT2D eigenvalue weighted by Gasteiger charge is -2.45. The number of rotatable bonds is 5. The molecule has 2 heterocycles. The van der Waals surface area contributed by atoms with Crippen molar-refractivity contribution in [2.24, 2.45) is 0 Å². The fourth-order valence-electron chi connectivity index (χ4n) is 4.91. The minimum atomic E-state index is -2.12. The zero-order valence-electron chi connectivity index (χ0n) is 19.7. The van der Waals surface area contributed by atoms with Crippen molar-refractivity contribution in [3.8, 4) is 5.75 Å². The van der Waals surface area contributed by atoms with Crippen LogP contribution in [0, 0.1) is 5.41 Å². The molecule has 1 aromatic rings. The minimum Gasteiger partial charge on any atom is -0.496 e. The predicted octanol–water partition coefficient (Wildman–Crippen LogP) is 5.05. The Labute approximate surface area is 186 Å². The van der Waals surface area contributed by atoms with Gasteiger partial charge in [0.2, 0.25) is 11.7 Å². The number of aliphatic hydroxyl groups is 1. The van der Waals surface area contributed by atoms with E-state index in [1.807, 2.05) is 18.2 Å². The predicted molar refractivity (Wildman–Crippen MR) is 122 cm³/mol. The molecule has 1 saturated heterocycles. The highest BCUT2D eigenvalue weighted by Gasteiger charge is 2.66. The highest BCUT2D eigenvalue weighted by atomic mass is 28.4. The largest absolute Gasteiger partial charge is 0.496 e. The van der Waals surface area contributed by atoms with E-state index in [9.17, 15) is 5.11 Å². The van der Waals surface area contributed by atoms with Gasteiger partial charge in [0.05, 0.1) is 19.1 Å². The standard InChI is InChI=1S/C24H35NO5Si/c1-22(2,3)31(6,7)29-20-16-9-8-10-18(27-5)19(16)17-14-23(20,4)30-24(17)13-15(11-12-26)21(25)28-24/h8-10,13,17,20,25-26H,11-12,14H2,1-7H3/t17-,20+,23+,24+/m0/s1. The van der Waals surface area contributed by atoms with Crippen LogP contribution in [0.15, 0.2) is 29.8 Å². The van der Waals surface area contributed by atoms with Gasteiger partial charge in [0, 0.05) is 24.2 Å². The molecule has 3 aliphatic rings. The number of hydrogen-bond donors (Lipinski definition) is 2. The quantitative estimate of drug-likeness (QED) is 0.620. The summed E-state index contributed by atoms with van der Waals surface area (Å²) in [5, 5.41) is 17.8. The van der Waals surface area contributed by atoms with Crippen LogP contribution >= 0.6 is 0 Å². The van der Waals surface area contributed by atoms with Crippen LogP contribution in [0.5, 0.6) is 5.75 Å². The lowest BCUT2D eigenvalue weighted by atomic mass is 9.73. The maximum atomic E-state index is 9.43. The average molecular weight is 446 g/mol. The van der Waals surface area contributed by atoms with Crippen molar-refractivity contribution in [2.45, 2.75) is 82.1 Å². The number of aliphatic hydroxyl groups excluding tert-OH is 1. The van der Waals surface area contributed by atoms with Gasteiger partial charge in [-0.1, -0.05) is 32.9 Å². The molecule has 2 aliphatic heterocycles. The summed E-state index contributed by atoms with van der Waals surface area (Å²) in [4.78, 5) is 0. The van der Waals surface area contributed by atoms with Crippen molar-refractivity contribution >= 4 is 14.2 Å². The second-order valence-corrected chi connectivity index (χ2v) is 15.4. The number of nitrogens with one attached hydrogen (secondary N) is 1. The molecule has 7 heteroatoms. The van der Waals surface area contributed by atoms with E-state index in [1.54, 1.807) is 7.11 Å². The number of hydrogen-bond acceptors (Lipinski definition) is 6. The molecule has 1 aromatic carbocycles. The number of benzene rings is 1. The molecule has 0 unspecified atom stereocenters. The van der Waals surface area contributed by atoms with Crippen LogP contribution in [0.2, 0.25) is 18.1 Å².